The van der Waals surface area contributed by atoms with Crippen LogP contribution in [0, 0.1) is 5.41 Å². The molecular formula is C37H51F3N6. The van der Waals surface area contributed by atoms with E-state index in [0.717, 1.165) is 93.3 Å². The van der Waals surface area contributed by atoms with Gasteiger partial charge in [-0.25, -0.2) is 0 Å². The Morgan fingerprint density at radius 1 is 0.978 bits per heavy atom. The van der Waals surface area contributed by atoms with E-state index in [9.17, 15) is 13.2 Å². The molecule has 2 aliphatic heterocycles. The summed E-state index contributed by atoms with van der Waals surface area (Å²) in [5.41, 5.74) is 11.9. The summed E-state index contributed by atoms with van der Waals surface area (Å²) in [6, 6.07) is 8.42. The maximum atomic E-state index is 14.5. The van der Waals surface area contributed by atoms with Crippen LogP contribution in [0.2, 0.25) is 0 Å². The van der Waals surface area contributed by atoms with Crippen molar-refractivity contribution in [2.24, 2.45) is 11.1 Å². The average Bonchev–Trinajstić information content (AvgIpc) is 3.84. The summed E-state index contributed by atoms with van der Waals surface area (Å²) in [7, 11) is 0. The third kappa shape index (κ3) is 7.25. The quantitative estimate of drug-likeness (QED) is 0.216. The molecule has 0 spiro atoms. The molecule has 3 aromatic rings. The van der Waals surface area contributed by atoms with E-state index >= 15 is 0 Å². The molecule has 3 aliphatic rings. The van der Waals surface area contributed by atoms with Crippen LogP contribution in [0.1, 0.15) is 83.0 Å². The van der Waals surface area contributed by atoms with Gasteiger partial charge in [0.05, 0.1) is 23.3 Å². The highest BCUT2D eigenvalue weighted by Gasteiger charge is 2.35. The summed E-state index contributed by atoms with van der Waals surface area (Å²) in [4.78, 5) is 12.2. The van der Waals surface area contributed by atoms with Gasteiger partial charge in [0, 0.05) is 73.5 Å². The van der Waals surface area contributed by atoms with Crippen molar-refractivity contribution in [3.63, 3.8) is 0 Å². The molecular weight excluding hydrogens is 585 g/mol. The Kier molecular flexibility index (Phi) is 9.45. The molecule has 250 valence electrons. The smallest absolute Gasteiger partial charge is 0.372 e. The zero-order chi connectivity index (χ0) is 32.6. The van der Waals surface area contributed by atoms with Crippen molar-refractivity contribution in [2.75, 3.05) is 49.1 Å². The third-order valence-corrected chi connectivity index (χ3v) is 10.2. The standard InChI is InChI=1S/C37H51F3N6/c1-5-6-14-36(3,4)23-32-30-21-28(43-15-8-7-9-16-43)12-13-33(30)46(25-37(38,39)40)35(32)31-22-29(24-42-34(31)26(2)41)45-19-17-44(18-20-45)27-10-11-27/h5,12-13,21-22,24,26-27H,1,6-11,14-20,23,25,41H2,2-4H3. The van der Waals surface area contributed by atoms with Gasteiger partial charge in [-0.05, 0) is 93.5 Å². The molecule has 1 atom stereocenters. The molecule has 3 fully saturated rings. The van der Waals surface area contributed by atoms with E-state index in [1.165, 1.54) is 23.8 Å². The fourth-order valence-corrected chi connectivity index (χ4v) is 7.63. The largest absolute Gasteiger partial charge is 0.406 e. The highest BCUT2D eigenvalue weighted by Crippen LogP contribution is 2.44. The first-order valence-corrected chi connectivity index (χ1v) is 17.3. The minimum absolute atomic E-state index is 0.167. The Morgan fingerprint density at radius 3 is 2.30 bits per heavy atom. The number of piperidine rings is 1. The first-order chi connectivity index (χ1) is 21.9. The van der Waals surface area contributed by atoms with Gasteiger partial charge in [0.1, 0.15) is 6.54 Å². The highest BCUT2D eigenvalue weighted by molar-refractivity contribution is 5.95. The van der Waals surface area contributed by atoms with Crippen molar-refractivity contribution in [3.05, 3.63) is 54.4 Å². The zero-order valence-corrected chi connectivity index (χ0v) is 27.9. The molecule has 6 nitrogen and oxygen atoms in total. The van der Waals surface area contributed by atoms with E-state index in [1.54, 1.807) is 0 Å². The number of benzene rings is 1. The van der Waals surface area contributed by atoms with Crippen LogP contribution < -0.4 is 15.5 Å². The minimum atomic E-state index is -4.40. The lowest BCUT2D eigenvalue weighted by Gasteiger charge is -2.36. The first kappa shape index (κ1) is 32.9. The normalized spacial score (nSPS) is 19.2. The Morgan fingerprint density at radius 2 is 1.67 bits per heavy atom. The maximum Gasteiger partial charge on any atom is 0.406 e. The number of pyridine rings is 1. The van der Waals surface area contributed by atoms with Crippen LogP contribution in [-0.2, 0) is 13.0 Å². The molecule has 0 amide bonds. The van der Waals surface area contributed by atoms with Gasteiger partial charge in [-0.15, -0.1) is 6.58 Å². The molecule has 0 radical (unpaired) electrons. The van der Waals surface area contributed by atoms with Crippen molar-refractivity contribution < 1.29 is 13.2 Å². The van der Waals surface area contributed by atoms with Crippen LogP contribution in [0.4, 0.5) is 24.5 Å². The Balaban J connectivity index is 1.54. The number of alkyl halides is 3. The van der Waals surface area contributed by atoms with Crippen LogP contribution >= 0.6 is 0 Å². The molecule has 1 aromatic carbocycles. The number of nitrogens with zero attached hydrogens (tertiary/aromatic N) is 5. The Bertz CT molecular complexity index is 1520. The monoisotopic (exact) mass is 636 g/mol. The van der Waals surface area contributed by atoms with E-state index in [1.807, 2.05) is 31.3 Å². The molecule has 2 N–H and O–H groups in total. The third-order valence-electron chi connectivity index (χ3n) is 10.2. The predicted octanol–water partition coefficient (Wildman–Crippen LogP) is 8.09. The maximum absolute atomic E-state index is 14.5. The number of nitrogens with two attached hydrogens (primary N) is 1. The van der Waals surface area contributed by atoms with E-state index in [2.05, 4.69) is 47.3 Å². The molecule has 6 rings (SSSR count). The number of halogens is 3. The minimum Gasteiger partial charge on any atom is -0.372 e. The van der Waals surface area contributed by atoms with Gasteiger partial charge < -0.3 is 20.1 Å². The van der Waals surface area contributed by atoms with Gasteiger partial charge in [-0.3, -0.25) is 9.88 Å². The highest BCUT2D eigenvalue weighted by atomic mass is 19.4. The summed E-state index contributed by atoms with van der Waals surface area (Å²) >= 11 is 0. The lowest BCUT2D eigenvalue weighted by molar-refractivity contribution is -0.139. The summed E-state index contributed by atoms with van der Waals surface area (Å²) in [5.74, 6) is 0. The number of hydrogen-bond acceptors (Lipinski definition) is 5. The van der Waals surface area contributed by atoms with Crippen molar-refractivity contribution in [2.45, 2.75) is 96.9 Å². The van der Waals surface area contributed by atoms with Crippen LogP contribution in [0.3, 0.4) is 0 Å². The number of rotatable bonds is 11. The molecule has 9 heteroatoms. The van der Waals surface area contributed by atoms with Gasteiger partial charge in [0.25, 0.3) is 0 Å². The van der Waals surface area contributed by atoms with E-state index in [4.69, 9.17) is 10.7 Å². The van der Waals surface area contributed by atoms with Gasteiger partial charge in [-0.1, -0.05) is 19.9 Å². The van der Waals surface area contributed by atoms with Crippen molar-refractivity contribution in [1.82, 2.24) is 14.5 Å². The van der Waals surface area contributed by atoms with E-state index in [-0.39, 0.29) is 5.41 Å². The SMILES string of the molecule is C=CCCC(C)(C)Cc1c(-c2cc(N3CCN(C4CC4)CC3)cnc2C(C)N)n(CC(F)(F)F)c2ccc(N3CCCCC3)cc12. The van der Waals surface area contributed by atoms with Gasteiger partial charge in [0.2, 0.25) is 0 Å². The molecule has 2 aromatic heterocycles. The van der Waals surface area contributed by atoms with Crippen LogP contribution in [0.5, 0.6) is 0 Å². The van der Waals surface area contributed by atoms with Crippen molar-refractivity contribution in [3.8, 4) is 11.3 Å². The van der Waals surface area contributed by atoms with Crippen molar-refractivity contribution >= 4 is 22.3 Å². The zero-order valence-electron chi connectivity index (χ0n) is 27.9. The predicted molar refractivity (Wildman–Crippen MR) is 184 cm³/mol. The average molecular weight is 637 g/mol. The molecule has 46 heavy (non-hydrogen) atoms. The van der Waals surface area contributed by atoms with Crippen LogP contribution in [0.15, 0.2) is 43.1 Å². The lowest BCUT2D eigenvalue weighted by Crippen LogP contribution is -2.47. The number of aromatic nitrogens is 2. The molecule has 4 heterocycles. The molecule has 0 bridgehead atoms. The van der Waals surface area contributed by atoms with Crippen LogP contribution in [0.25, 0.3) is 22.2 Å². The molecule has 1 unspecified atom stereocenters. The number of anilines is 2. The second-order valence-electron chi connectivity index (χ2n) is 14.6. The fourth-order valence-electron chi connectivity index (χ4n) is 7.63. The number of allylic oxidation sites excluding steroid dienone is 1. The second kappa shape index (κ2) is 13.2. The fraction of sp³-hybridized carbons (Fsp3) is 0.595. The molecule has 2 saturated heterocycles. The summed E-state index contributed by atoms with van der Waals surface area (Å²) in [5, 5.41) is 0.896. The van der Waals surface area contributed by atoms with Gasteiger partial charge >= 0.3 is 6.18 Å². The molecule has 1 saturated carbocycles. The summed E-state index contributed by atoms with van der Waals surface area (Å²) < 4.78 is 45.0. The summed E-state index contributed by atoms with van der Waals surface area (Å²) in [6.07, 6.45) is 7.79. The van der Waals surface area contributed by atoms with Crippen molar-refractivity contribution in [1.29, 1.82) is 0 Å². The van der Waals surface area contributed by atoms with Gasteiger partial charge in [0.15, 0.2) is 0 Å². The Labute approximate surface area is 272 Å². The topological polar surface area (TPSA) is 53.6 Å². The molecule has 1 aliphatic carbocycles. The Hall–Kier alpha value is -3.04. The number of piperazine rings is 1. The van der Waals surface area contributed by atoms with Gasteiger partial charge in [-0.2, -0.15) is 13.2 Å². The lowest BCUT2D eigenvalue weighted by atomic mass is 9.80. The van der Waals surface area contributed by atoms with E-state index in [0.29, 0.717) is 28.9 Å². The van der Waals surface area contributed by atoms with E-state index < -0.39 is 18.8 Å². The first-order valence-electron chi connectivity index (χ1n) is 17.3. The van der Waals surface area contributed by atoms with Crippen LogP contribution in [-0.4, -0.2) is 65.9 Å². The number of fused-ring (bicyclic) bond motifs is 1. The summed E-state index contributed by atoms with van der Waals surface area (Å²) in [6.45, 7) is 14.8. The number of hydrogen-bond donors (Lipinski definition) is 1. The second-order valence-corrected chi connectivity index (χ2v) is 14.6.